The van der Waals surface area contributed by atoms with Gasteiger partial charge in [0.15, 0.2) is 0 Å². The highest BCUT2D eigenvalue weighted by atomic mass is 79.9. The van der Waals surface area contributed by atoms with E-state index in [4.69, 9.17) is 9.47 Å². The molecule has 2 nitrogen and oxygen atoms in total. The summed E-state index contributed by atoms with van der Waals surface area (Å²) in [7, 11) is 0. The van der Waals surface area contributed by atoms with Crippen LogP contribution in [0.1, 0.15) is 0 Å². The minimum atomic E-state index is 0.503. The molecule has 0 bridgehead atoms. The molecule has 1 aliphatic rings. The predicted octanol–water partition coefficient (Wildman–Crippen LogP) is 2.51. The molecule has 10 heavy (non-hydrogen) atoms. The molecule has 4 heteroatoms. The first-order chi connectivity index (χ1) is 4.86. The van der Waals surface area contributed by atoms with Crippen LogP contribution in [-0.2, 0) is 9.47 Å². The molecular weight excluding hydrogens is 264 g/mol. The minimum absolute atomic E-state index is 0.503. The zero-order chi connectivity index (χ0) is 7.40. The fourth-order valence-corrected chi connectivity index (χ4v) is 1.07. The molecule has 0 aromatic rings. The molecule has 0 spiro atoms. The van der Waals surface area contributed by atoms with Crippen molar-refractivity contribution >= 4 is 31.9 Å². The molecule has 56 valence electrons. The first kappa shape index (κ1) is 8.14. The summed E-state index contributed by atoms with van der Waals surface area (Å²) >= 11 is 6.31. The normalized spacial score (nSPS) is 26.2. The lowest BCUT2D eigenvalue weighted by molar-refractivity contribution is 0.0688. The van der Waals surface area contributed by atoms with Gasteiger partial charge in [0.1, 0.15) is 24.7 Å². The fourth-order valence-electron chi connectivity index (χ4n) is 0.537. The Balaban J connectivity index is 2.46. The highest BCUT2D eigenvalue weighted by Gasteiger charge is 2.09. The number of ether oxygens (including phenoxy) is 2. The van der Waals surface area contributed by atoms with Gasteiger partial charge in [-0.25, -0.2) is 0 Å². The van der Waals surface area contributed by atoms with Gasteiger partial charge in [0.05, 0.1) is 0 Å². The Morgan fingerprint density at radius 1 is 1.00 bits per heavy atom. The van der Waals surface area contributed by atoms with Crippen molar-refractivity contribution in [2.45, 2.75) is 0 Å². The van der Waals surface area contributed by atoms with Crippen LogP contribution < -0.4 is 0 Å². The third-order valence-electron chi connectivity index (χ3n) is 1.04. The van der Waals surface area contributed by atoms with Crippen molar-refractivity contribution in [2.75, 3.05) is 13.2 Å². The standard InChI is InChI=1S/C6H6Br2O2/c7-1-5-3-10-6(2-8)4-9-5/h1-2H,3-4H2. The van der Waals surface area contributed by atoms with Crippen molar-refractivity contribution in [1.29, 1.82) is 0 Å². The number of hydrogen-bond acceptors (Lipinski definition) is 2. The molecule has 1 rings (SSSR count). The third-order valence-corrected chi connectivity index (χ3v) is 2.06. The SMILES string of the molecule is BrC=C1COC(=CBr)CO1. The van der Waals surface area contributed by atoms with Crippen molar-refractivity contribution in [2.24, 2.45) is 0 Å². The Kier molecular flexibility index (Phi) is 3.28. The summed E-state index contributed by atoms with van der Waals surface area (Å²) in [4.78, 5) is 3.44. The van der Waals surface area contributed by atoms with Crippen LogP contribution in [0.2, 0.25) is 0 Å². The van der Waals surface area contributed by atoms with E-state index in [1.807, 2.05) is 0 Å². The van der Waals surface area contributed by atoms with Gasteiger partial charge in [0.25, 0.3) is 0 Å². The summed E-state index contributed by atoms with van der Waals surface area (Å²) in [5.41, 5.74) is 0. The number of halogens is 2. The van der Waals surface area contributed by atoms with Crippen LogP contribution >= 0.6 is 31.9 Å². The second-order valence-electron chi connectivity index (χ2n) is 1.73. The molecule has 0 atom stereocenters. The summed E-state index contributed by atoms with van der Waals surface area (Å²) in [5, 5.41) is 0. The van der Waals surface area contributed by atoms with Crippen molar-refractivity contribution < 1.29 is 9.47 Å². The van der Waals surface area contributed by atoms with Gasteiger partial charge in [-0.1, -0.05) is 31.9 Å². The Bertz CT molecular complexity index is 143. The van der Waals surface area contributed by atoms with E-state index >= 15 is 0 Å². The highest BCUT2D eigenvalue weighted by molar-refractivity contribution is 9.11. The highest BCUT2D eigenvalue weighted by Crippen LogP contribution is 2.14. The maximum Gasteiger partial charge on any atom is 0.145 e. The summed E-state index contributed by atoms with van der Waals surface area (Å²) in [6, 6.07) is 0. The van der Waals surface area contributed by atoms with E-state index in [0.29, 0.717) is 13.2 Å². The van der Waals surface area contributed by atoms with Gasteiger partial charge in [0.2, 0.25) is 0 Å². The lowest BCUT2D eigenvalue weighted by atomic mass is 10.5. The van der Waals surface area contributed by atoms with Crippen LogP contribution in [0, 0.1) is 0 Å². The maximum atomic E-state index is 5.22. The molecule has 0 radical (unpaired) electrons. The van der Waals surface area contributed by atoms with Crippen molar-refractivity contribution in [1.82, 2.24) is 0 Å². The Morgan fingerprint density at radius 3 is 1.60 bits per heavy atom. The third kappa shape index (κ3) is 2.02. The quantitative estimate of drug-likeness (QED) is 0.673. The smallest absolute Gasteiger partial charge is 0.145 e. The van der Waals surface area contributed by atoms with E-state index in [2.05, 4.69) is 31.9 Å². The average Bonchev–Trinajstić information content (AvgIpc) is 2.05. The van der Waals surface area contributed by atoms with Crippen LogP contribution in [-0.4, -0.2) is 13.2 Å². The van der Waals surface area contributed by atoms with Gasteiger partial charge in [-0.05, 0) is 0 Å². The van der Waals surface area contributed by atoms with E-state index in [1.165, 1.54) is 0 Å². The van der Waals surface area contributed by atoms with Crippen molar-refractivity contribution in [3.05, 3.63) is 21.5 Å². The second-order valence-corrected chi connectivity index (χ2v) is 2.64. The molecule has 0 unspecified atom stereocenters. The number of rotatable bonds is 0. The first-order valence-corrected chi connectivity index (χ1v) is 4.54. The molecule has 1 saturated heterocycles. The average molecular weight is 270 g/mol. The Morgan fingerprint density at radius 2 is 1.40 bits per heavy atom. The van der Waals surface area contributed by atoms with Crippen LogP contribution in [0.5, 0.6) is 0 Å². The fraction of sp³-hybridized carbons (Fsp3) is 0.333. The van der Waals surface area contributed by atoms with Crippen LogP contribution in [0.25, 0.3) is 0 Å². The minimum Gasteiger partial charge on any atom is -0.486 e. The van der Waals surface area contributed by atoms with Crippen LogP contribution in [0.3, 0.4) is 0 Å². The summed E-state index contributed by atoms with van der Waals surface area (Å²) in [6.07, 6.45) is 0. The molecule has 0 amide bonds. The number of hydrogen-bond donors (Lipinski definition) is 0. The van der Waals surface area contributed by atoms with Crippen LogP contribution in [0.15, 0.2) is 21.5 Å². The monoisotopic (exact) mass is 268 g/mol. The molecule has 0 N–H and O–H groups in total. The lowest BCUT2D eigenvalue weighted by Crippen LogP contribution is -2.12. The largest absolute Gasteiger partial charge is 0.486 e. The maximum absolute atomic E-state index is 5.22. The van der Waals surface area contributed by atoms with Gasteiger partial charge in [0, 0.05) is 9.97 Å². The second kappa shape index (κ2) is 4.03. The lowest BCUT2D eigenvalue weighted by Gasteiger charge is -2.18. The summed E-state index contributed by atoms with van der Waals surface area (Å²) in [6.45, 7) is 1.01. The van der Waals surface area contributed by atoms with E-state index in [0.717, 1.165) is 11.5 Å². The van der Waals surface area contributed by atoms with Crippen molar-refractivity contribution in [3.8, 4) is 0 Å². The Hall–Kier alpha value is 0.0400. The van der Waals surface area contributed by atoms with E-state index in [1.54, 1.807) is 9.97 Å². The molecular formula is C6H6Br2O2. The molecule has 1 fully saturated rings. The molecule has 1 aliphatic heterocycles. The zero-order valence-corrected chi connectivity index (χ0v) is 8.31. The van der Waals surface area contributed by atoms with E-state index < -0.39 is 0 Å². The topological polar surface area (TPSA) is 18.5 Å². The molecule has 0 aromatic carbocycles. The van der Waals surface area contributed by atoms with Gasteiger partial charge < -0.3 is 9.47 Å². The molecule has 1 heterocycles. The van der Waals surface area contributed by atoms with Gasteiger partial charge >= 0.3 is 0 Å². The summed E-state index contributed by atoms with van der Waals surface area (Å²) in [5.74, 6) is 1.64. The molecule has 0 aromatic heterocycles. The van der Waals surface area contributed by atoms with Gasteiger partial charge in [-0.15, -0.1) is 0 Å². The predicted molar refractivity (Wildman–Crippen MR) is 45.9 cm³/mol. The first-order valence-electron chi connectivity index (χ1n) is 2.71. The molecule has 0 saturated carbocycles. The van der Waals surface area contributed by atoms with Crippen molar-refractivity contribution in [3.63, 3.8) is 0 Å². The van der Waals surface area contributed by atoms with E-state index in [-0.39, 0.29) is 0 Å². The molecule has 0 aliphatic carbocycles. The Labute approximate surface area is 76.1 Å². The van der Waals surface area contributed by atoms with Gasteiger partial charge in [-0.3, -0.25) is 0 Å². The van der Waals surface area contributed by atoms with Crippen LogP contribution in [0.4, 0.5) is 0 Å². The van der Waals surface area contributed by atoms with Gasteiger partial charge in [-0.2, -0.15) is 0 Å². The zero-order valence-electron chi connectivity index (χ0n) is 5.14. The van der Waals surface area contributed by atoms with E-state index in [9.17, 15) is 0 Å². The summed E-state index contributed by atoms with van der Waals surface area (Å²) < 4.78 is 10.4.